The third-order valence-electron chi connectivity index (χ3n) is 6.03. The van der Waals surface area contributed by atoms with Crippen molar-refractivity contribution in [2.24, 2.45) is 0 Å². The number of ether oxygens (including phenoxy) is 1. The van der Waals surface area contributed by atoms with Gasteiger partial charge < -0.3 is 25.2 Å². The fourth-order valence-electron chi connectivity index (χ4n) is 4.31. The topological polar surface area (TPSA) is 175 Å². The van der Waals surface area contributed by atoms with Gasteiger partial charge in [-0.25, -0.2) is 19.4 Å². The van der Waals surface area contributed by atoms with Crippen LogP contribution in [0.5, 0.6) is 0 Å². The van der Waals surface area contributed by atoms with E-state index in [1.54, 1.807) is 24.3 Å². The number of fused-ring (bicyclic) bond motifs is 1. The molecule has 0 aliphatic carbocycles. The number of carbonyl (C=O) groups is 3. The summed E-state index contributed by atoms with van der Waals surface area (Å²) in [6, 6.07) is 10.0. The molecule has 38 heavy (non-hydrogen) atoms. The van der Waals surface area contributed by atoms with Crippen LogP contribution < -0.4 is 15.8 Å². The van der Waals surface area contributed by atoms with Gasteiger partial charge >= 0.3 is 17.9 Å². The Hall–Kier alpha value is -4.70. The molecule has 3 heterocycles. The highest BCUT2D eigenvalue weighted by molar-refractivity contribution is 7.20. The Morgan fingerprint density at radius 1 is 1.32 bits per heavy atom. The fraction of sp³-hybridized carbons (Fsp3) is 0.280. The summed E-state index contributed by atoms with van der Waals surface area (Å²) < 4.78 is 6.48. The molecule has 0 saturated carbocycles. The number of hydrogen-bond donors (Lipinski definition) is 3. The second kappa shape index (κ2) is 11.1. The molecule has 1 aromatic carbocycles. The Balaban J connectivity index is 1.78. The van der Waals surface area contributed by atoms with Gasteiger partial charge in [-0.05, 0) is 30.5 Å². The largest absolute Gasteiger partial charge is 0.478 e. The van der Waals surface area contributed by atoms with Crippen LogP contribution in [0.1, 0.15) is 33.6 Å². The normalized spacial score (nSPS) is 15.6. The van der Waals surface area contributed by atoms with Gasteiger partial charge in [0.25, 0.3) is 5.56 Å². The second-order valence-corrected chi connectivity index (χ2v) is 9.57. The van der Waals surface area contributed by atoms with Crippen molar-refractivity contribution in [2.75, 3.05) is 25.1 Å². The lowest BCUT2D eigenvalue weighted by atomic mass is 10.1. The summed E-state index contributed by atoms with van der Waals surface area (Å²) in [6.45, 7) is 0.769. The number of thiophene rings is 1. The average molecular weight is 538 g/mol. The van der Waals surface area contributed by atoms with Gasteiger partial charge in [0.2, 0.25) is 5.95 Å². The molecule has 0 radical (unpaired) electrons. The van der Waals surface area contributed by atoms with Crippen molar-refractivity contribution < 1.29 is 29.3 Å². The lowest BCUT2D eigenvalue weighted by Gasteiger charge is -2.35. The maximum absolute atomic E-state index is 13.7. The van der Waals surface area contributed by atoms with Crippen molar-refractivity contribution >= 4 is 45.4 Å². The van der Waals surface area contributed by atoms with Crippen LogP contribution in [0.2, 0.25) is 0 Å². The summed E-state index contributed by atoms with van der Waals surface area (Å²) in [5.74, 6) is -3.10. The summed E-state index contributed by atoms with van der Waals surface area (Å²) >= 11 is 0.970. The molecule has 3 N–H and O–H groups in total. The summed E-state index contributed by atoms with van der Waals surface area (Å²) in [5.41, 5.74) is 0.467. The first-order valence-electron chi connectivity index (χ1n) is 11.5. The van der Waals surface area contributed by atoms with Crippen molar-refractivity contribution in [3.63, 3.8) is 0 Å². The van der Waals surface area contributed by atoms with Crippen molar-refractivity contribution in [2.45, 2.75) is 25.4 Å². The quantitative estimate of drug-likeness (QED) is 0.282. The van der Waals surface area contributed by atoms with E-state index in [4.69, 9.17) is 14.8 Å². The van der Waals surface area contributed by atoms with Crippen LogP contribution in [0.4, 0.5) is 5.95 Å². The van der Waals surface area contributed by atoms with Gasteiger partial charge in [0.15, 0.2) is 0 Å². The molecule has 3 aromatic rings. The van der Waals surface area contributed by atoms with E-state index in [9.17, 15) is 29.5 Å². The molecule has 0 amide bonds. The maximum Gasteiger partial charge on any atom is 0.352 e. The molecule has 4 rings (SSSR count). The molecule has 1 saturated heterocycles. The molecule has 1 aliphatic rings. The summed E-state index contributed by atoms with van der Waals surface area (Å²) in [5, 5.41) is 30.7. The zero-order valence-electron chi connectivity index (χ0n) is 20.2. The molecule has 196 valence electrons. The number of nitrogens with zero attached hydrogens (tertiary/aromatic N) is 4. The zero-order valence-corrected chi connectivity index (χ0v) is 21.0. The number of carboxylic acids is 2. The van der Waals surface area contributed by atoms with Crippen LogP contribution in [-0.4, -0.2) is 63.9 Å². The van der Waals surface area contributed by atoms with Crippen LogP contribution in [-0.2, 0) is 20.9 Å². The number of methoxy groups -OCH3 is 1. The van der Waals surface area contributed by atoms with Gasteiger partial charge in [0, 0.05) is 19.1 Å². The minimum atomic E-state index is -1.40. The molecule has 2 aromatic heterocycles. The Bertz CT molecular complexity index is 1550. The smallest absolute Gasteiger partial charge is 0.352 e. The van der Waals surface area contributed by atoms with Crippen LogP contribution >= 0.6 is 11.3 Å². The van der Waals surface area contributed by atoms with Crippen LogP contribution in [0.3, 0.4) is 0 Å². The van der Waals surface area contributed by atoms with Gasteiger partial charge in [-0.1, -0.05) is 18.2 Å². The van der Waals surface area contributed by atoms with Crippen molar-refractivity contribution in [1.82, 2.24) is 14.9 Å². The zero-order chi connectivity index (χ0) is 27.4. The molecule has 0 spiro atoms. The second-order valence-electron chi connectivity index (χ2n) is 8.52. The van der Waals surface area contributed by atoms with Gasteiger partial charge in [0.05, 0.1) is 36.9 Å². The molecule has 1 fully saturated rings. The Kier molecular flexibility index (Phi) is 7.73. The Morgan fingerprint density at radius 2 is 2.08 bits per heavy atom. The number of aromatic nitrogens is 2. The SMILES string of the molecule is COC(=O)c1cc2nc(N3CCC[C@@H](N/C(=C/C(=O)O)C(=O)O)C3)n(Cc3ccccc3C#N)c(=O)c2s1. The maximum atomic E-state index is 13.7. The number of anilines is 1. The molecule has 0 bridgehead atoms. The lowest BCUT2D eigenvalue weighted by Crippen LogP contribution is -2.48. The highest BCUT2D eigenvalue weighted by Crippen LogP contribution is 2.27. The highest BCUT2D eigenvalue weighted by atomic mass is 32.1. The van der Waals surface area contributed by atoms with E-state index >= 15 is 0 Å². The van der Waals surface area contributed by atoms with Crippen LogP contribution in [0.15, 0.2) is 46.9 Å². The van der Waals surface area contributed by atoms with Gasteiger partial charge in [-0.2, -0.15) is 5.26 Å². The third kappa shape index (κ3) is 5.50. The average Bonchev–Trinajstić information content (AvgIpc) is 3.34. The molecule has 1 aliphatic heterocycles. The van der Waals surface area contributed by atoms with E-state index in [1.165, 1.54) is 17.7 Å². The first kappa shape index (κ1) is 26.4. The highest BCUT2D eigenvalue weighted by Gasteiger charge is 2.27. The van der Waals surface area contributed by atoms with Crippen LogP contribution in [0, 0.1) is 11.3 Å². The predicted octanol–water partition coefficient (Wildman–Crippen LogP) is 1.78. The number of carbonyl (C=O) groups excluding carboxylic acids is 1. The fourth-order valence-corrected chi connectivity index (χ4v) is 5.27. The number of hydrogen-bond acceptors (Lipinski definition) is 10. The van der Waals surface area contributed by atoms with Gasteiger partial charge in [-0.15, -0.1) is 11.3 Å². The van der Waals surface area contributed by atoms with E-state index < -0.39 is 35.2 Å². The molecule has 13 heteroatoms. The number of benzene rings is 1. The standard InChI is InChI=1S/C25H23N5O7S/c1-37-24(36)19-9-17-21(38-19)22(33)30(12-15-6-3-2-5-14(15)11-26)25(28-17)29-8-4-7-16(13-29)27-18(23(34)35)10-20(31)32/h2-3,5-6,9-10,16,27H,4,7-8,12-13H2,1H3,(H,31,32)(H,34,35)/b18-10+/t16-/m1/s1. The number of aliphatic carboxylic acids is 2. The first-order chi connectivity index (χ1) is 18.2. The van der Waals surface area contributed by atoms with Crippen LogP contribution in [0.25, 0.3) is 10.2 Å². The number of nitrogens with one attached hydrogen (secondary N) is 1. The number of piperidine rings is 1. The molecular formula is C25H23N5O7S. The van der Waals surface area contributed by atoms with Crippen molar-refractivity contribution in [3.05, 3.63) is 68.5 Å². The molecule has 12 nitrogen and oxygen atoms in total. The predicted molar refractivity (Wildman–Crippen MR) is 137 cm³/mol. The van der Waals surface area contributed by atoms with Gasteiger partial charge in [-0.3, -0.25) is 9.36 Å². The van der Waals surface area contributed by atoms with E-state index in [1.807, 2.05) is 4.90 Å². The van der Waals surface area contributed by atoms with E-state index in [0.717, 1.165) is 11.3 Å². The van der Waals surface area contributed by atoms with Crippen molar-refractivity contribution in [3.8, 4) is 6.07 Å². The van der Waals surface area contributed by atoms with Gasteiger partial charge in [0.1, 0.15) is 15.3 Å². The van der Waals surface area contributed by atoms with Crippen molar-refractivity contribution in [1.29, 1.82) is 5.26 Å². The summed E-state index contributed by atoms with van der Waals surface area (Å²) in [4.78, 5) is 55.1. The van der Waals surface area contributed by atoms with E-state index in [-0.39, 0.29) is 28.6 Å². The molecule has 0 unspecified atom stereocenters. The van der Waals surface area contributed by atoms with E-state index in [0.29, 0.717) is 42.1 Å². The monoisotopic (exact) mass is 537 g/mol. The molecule has 1 atom stereocenters. The minimum absolute atomic E-state index is 0.0419. The number of esters is 1. The summed E-state index contributed by atoms with van der Waals surface area (Å²) in [7, 11) is 1.24. The van der Waals surface area contributed by atoms with E-state index in [2.05, 4.69) is 11.4 Å². The lowest BCUT2D eigenvalue weighted by molar-refractivity contribution is -0.135. The number of rotatable bonds is 8. The number of carboxylic acid groups (broad SMARTS) is 2. The molecular weight excluding hydrogens is 514 g/mol. The third-order valence-corrected chi connectivity index (χ3v) is 7.12. The first-order valence-corrected chi connectivity index (χ1v) is 12.3. The Morgan fingerprint density at radius 3 is 2.76 bits per heavy atom. The summed E-state index contributed by atoms with van der Waals surface area (Å²) in [6.07, 6.45) is 1.77. The minimum Gasteiger partial charge on any atom is -0.478 e. The Labute approximate surface area is 220 Å². The number of nitriles is 1.